The molecule has 0 saturated carbocycles. The van der Waals surface area contributed by atoms with Gasteiger partial charge < -0.3 is 19.5 Å². The third kappa shape index (κ3) is 4.19. The van der Waals surface area contributed by atoms with Crippen molar-refractivity contribution in [3.8, 4) is 0 Å². The number of hydrogen-bond acceptors (Lipinski definition) is 6. The average molecular weight is 357 g/mol. The van der Waals surface area contributed by atoms with E-state index >= 15 is 0 Å². The van der Waals surface area contributed by atoms with Gasteiger partial charge >= 0.3 is 6.01 Å². The van der Waals surface area contributed by atoms with Gasteiger partial charge in [0.05, 0.1) is 6.54 Å². The summed E-state index contributed by atoms with van der Waals surface area (Å²) in [5, 5.41) is 10.8. The number of nitrogens with zero attached hydrogens (tertiary/aromatic N) is 4. The van der Waals surface area contributed by atoms with E-state index in [1.807, 2.05) is 24.8 Å². The topological polar surface area (TPSA) is 91.6 Å². The molecular weight excluding hydrogens is 334 g/mol. The summed E-state index contributed by atoms with van der Waals surface area (Å²) in [4.78, 5) is 28.0. The molecule has 0 spiro atoms. The highest BCUT2D eigenvalue weighted by Gasteiger charge is 2.24. The molecule has 0 bridgehead atoms. The lowest BCUT2D eigenvalue weighted by Gasteiger charge is -2.33. The Kier molecular flexibility index (Phi) is 5.50. The van der Waals surface area contributed by atoms with E-state index in [1.165, 1.54) is 0 Å². The second-order valence-corrected chi connectivity index (χ2v) is 6.49. The van der Waals surface area contributed by atoms with Crippen molar-refractivity contribution in [1.29, 1.82) is 0 Å². The normalized spacial score (nSPS) is 14.6. The standard InChI is InChI=1S/C18H23N5O3/c1-13(2)17-20-21-18(26-17)23-10-8-22(9-11-23)15(24)12-19-16(25)14-6-4-3-5-7-14/h3-7,13H,8-12H2,1-2H3,(H,19,25). The van der Waals surface area contributed by atoms with Crippen LogP contribution in [0, 0.1) is 0 Å². The molecule has 0 atom stereocenters. The second kappa shape index (κ2) is 7.99. The highest BCUT2D eigenvalue weighted by Crippen LogP contribution is 2.19. The first-order valence-corrected chi connectivity index (χ1v) is 8.74. The van der Waals surface area contributed by atoms with E-state index in [0.29, 0.717) is 43.6 Å². The van der Waals surface area contributed by atoms with Gasteiger partial charge in [0.1, 0.15) is 0 Å². The maximum Gasteiger partial charge on any atom is 0.318 e. The molecule has 3 rings (SSSR count). The van der Waals surface area contributed by atoms with Gasteiger partial charge in [0, 0.05) is 37.7 Å². The van der Waals surface area contributed by atoms with Gasteiger partial charge in [-0.3, -0.25) is 9.59 Å². The van der Waals surface area contributed by atoms with E-state index in [-0.39, 0.29) is 24.3 Å². The highest BCUT2D eigenvalue weighted by molar-refractivity contribution is 5.96. The molecule has 8 heteroatoms. The zero-order valence-electron chi connectivity index (χ0n) is 15.0. The van der Waals surface area contributed by atoms with Crippen LogP contribution < -0.4 is 10.2 Å². The zero-order valence-corrected chi connectivity index (χ0v) is 15.0. The van der Waals surface area contributed by atoms with Gasteiger partial charge in [-0.2, -0.15) is 0 Å². The highest BCUT2D eigenvalue weighted by atomic mass is 16.4. The van der Waals surface area contributed by atoms with Crippen LogP contribution in [0.25, 0.3) is 0 Å². The van der Waals surface area contributed by atoms with Crippen LogP contribution in [0.2, 0.25) is 0 Å². The minimum absolute atomic E-state index is 0.00815. The van der Waals surface area contributed by atoms with E-state index in [0.717, 1.165) is 0 Å². The van der Waals surface area contributed by atoms with Crippen molar-refractivity contribution >= 4 is 17.8 Å². The minimum atomic E-state index is -0.246. The van der Waals surface area contributed by atoms with Crippen LogP contribution in [-0.2, 0) is 4.79 Å². The smallest absolute Gasteiger partial charge is 0.318 e. The molecule has 2 aromatic rings. The molecule has 26 heavy (non-hydrogen) atoms. The van der Waals surface area contributed by atoms with Gasteiger partial charge in [0.15, 0.2) is 0 Å². The maximum atomic E-state index is 12.3. The summed E-state index contributed by atoms with van der Waals surface area (Å²) in [7, 11) is 0. The first kappa shape index (κ1) is 17.9. The van der Waals surface area contributed by atoms with Crippen LogP contribution >= 0.6 is 0 Å². The molecule has 1 aliphatic heterocycles. The molecule has 0 unspecified atom stereocenters. The van der Waals surface area contributed by atoms with Crippen molar-refractivity contribution < 1.29 is 14.0 Å². The molecule has 0 radical (unpaired) electrons. The van der Waals surface area contributed by atoms with Gasteiger partial charge in [-0.05, 0) is 12.1 Å². The van der Waals surface area contributed by atoms with Crippen molar-refractivity contribution in [3.63, 3.8) is 0 Å². The van der Waals surface area contributed by atoms with Crippen LogP contribution in [0.3, 0.4) is 0 Å². The van der Waals surface area contributed by atoms with Crippen molar-refractivity contribution in [1.82, 2.24) is 20.4 Å². The molecule has 1 fully saturated rings. The SMILES string of the molecule is CC(C)c1nnc(N2CCN(C(=O)CNC(=O)c3ccccc3)CC2)o1. The summed E-state index contributed by atoms with van der Waals surface area (Å²) in [6.45, 7) is 6.34. The molecule has 2 heterocycles. The number of piperazine rings is 1. The molecule has 2 amide bonds. The minimum Gasteiger partial charge on any atom is -0.408 e. The lowest BCUT2D eigenvalue weighted by Crippen LogP contribution is -2.51. The van der Waals surface area contributed by atoms with E-state index in [1.54, 1.807) is 29.2 Å². The average Bonchev–Trinajstić information content (AvgIpc) is 3.17. The number of amides is 2. The van der Waals surface area contributed by atoms with Gasteiger partial charge in [-0.15, -0.1) is 5.10 Å². The van der Waals surface area contributed by atoms with Gasteiger partial charge in [-0.1, -0.05) is 37.1 Å². The Hall–Kier alpha value is -2.90. The Morgan fingerprint density at radius 3 is 2.42 bits per heavy atom. The molecular formula is C18H23N5O3. The first-order chi connectivity index (χ1) is 12.5. The number of rotatable bonds is 5. The van der Waals surface area contributed by atoms with Gasteiger partial charge in [0.25, 0.3) is 5.91 Å². The third-order valence-corrected chi connectivity index (χ3v) is 4.26. The lowest BCUT2D eigenvalue weighted by molar-refractivity contribution is -0.130. The Labute approximate surface area is 152 Å². The lowest BCUT2D eigenvalue weighted by atomic mass is 10.2. The fraction of sp³-hybridized carbons (Fsp3) is 0.444. The fourth-order valence-corrected chi connectivity index (χ4v) is 2.69. The van der Waals surface area contributed by atoms with Crippen molar-refractivity contribution in [3.05, 3.63) is 41.8 Å². The van der Waals surface area contributed by atoms with Gasteiger partial charge in [-0.25, -0.2) is 0 Å². The van der Waals surface area contributed by atoms with Crippen LogP contribution in [0.15, 0.2) is 34.7 Å². The van der Waals surface area contributed by atoms with Crippen LogP contribution in [0.1, 0.15) is 36.0 Å². The number of anilines is 1. The quantitative estimate of drug-likeness (QED) is 0.866. The number of hydrogen-bond donors (Lipinski definition) is 1. The van der Waals surface area contributed by atoms with Crippen molar-refractivity contribution in [2.24, 2.45) is 0 Å². The Bertz CT molecular complexity index is 751. The Morgan fingerprint density at radius 2 is 1.81 bits per heavy atom. The monoisotopic (exact) mass is 357 g/mol. The summed E-state index contributed by atoms with van der Waals surface area (Å²) < 4.78 is 5.65. The Balaban J connectivity index is 1.46. The Morgan fingerprint density at radius 1 is 1.12 bits per heavy atom. The third-order valence-electron chi connectivity index (χ3n) is 4.26. The maximum absolute atomic E-state index is 12.3. The molecule has 8 nitrogen and oxygen atoms in total. The number of nitrogens with one attached hydrogen (secondary N) is 1. The largest absolute Gasteiger partial charge is 0.408 e. The molecule has 0 aliphatic carbocycles. The van der Waals surface area contributed by atoms with E-state index < -0.39 is 0 Å². The first-order valence-electron chi connectivity index (χ1n) is 8.74. The van der Waals surface area contributed by atoms with Gasteiger partial charge in [0.2, 0.25) is 11.8 Å². The van der Waals surface area contributed by atoms with E-state index in [9.17, 15) is 9.59 Å². The van der Waals surface area contributed by atoms with E-state index in [4.69, 9.17) is 4.42 Å². The molecule has 1 N–H and O–H groups in total. The summed E-state index contributed by atoms with van der Waals surface area (Å²) in [5.41, 5.74) is 0.544. The molecule has 1 saturated heterocycles. The number of carbonyl (C=O) groups is 2. The van der Waals surface area contributed by atoms with Crippen LogP contribution in [0.4, 0.5) is 6.01 Å². The molecule has 1 aromatic carbocycles. The number of aromatic nitrogens is 2. The summed E-state index contributed by atoms with van der Waals surface area (Å²) in [6, 6.07) is 9.35. The molecule has 1 aromatic heterocycles. The van der Waals surface area contributed by atoms with Crippen LogP contribution in [0.5, 0.6) is 0 Å². The van der Waals surface area contributed by atoms with Crippen molar-refractivity contribution in [2.45, 2.75) is 19.8 Å². The summed E-state index contributed by atoms with van der Waals surface area (Å²) in [6.07, 6.45) is 0. The predicted molar refractivity (Wildman–Crippen MR) is 96.0 cm³/mol. The van der Waals surface area contributed by atoms with Crippen molar-refractivity contribution in [2.75, 3.05) is 37.6 Å². The molecule has 1 aliphatic rings. The summed E-state index contributed by atoms with van der Waals surface area (Å²) >= 11 is 0. The van der Waals surface area contributed by atoms with Crippen LogP contribution in [-0.4, -0.2) is 59.6 Å². The summed E-state index contributed by atoms with van der Waals surface area (Å²) in [5.74, 6) is 0.460. The predicted octanol–water partition coefficient (Wildman–Crippen LogP) is 1.27. The number of carbonyl (C=O) groups excluding carboxylic acids is 2. The molecule has 138 valence electrons. The fourth-order valence-electron chi connectivity index (χ4n) is 2.69. The second-order valence-electron chi connectivity index (χ2n) is 6.49. The van der Waals surface area contributed by atoms with E-state index in [2.05, 4.69) is 15.5 Å². The zero-order chi connectivity index (χ0) is 18.5. The number of benzene rings is 1.